The predicted octanol–water partition coefficient (Wildman–Crippen LogP) is 1.13. The van der Waals surface area contributed by atoms with Gasteiger partial charge in [-0.15, -0.1) is 5.10 Å². The molecule has 0 radical (unpaired) electrons. The Labute approximate surface area is 129 Å². The van der Waals surface area contributed by atoms with Crippen LogP contribution in [0.1, 0.15) is 6.42 Å². The summed E-state index contributed by atoms with van der Waals surface area (Å²) in [5.74, 6) is -0.674. The molecule has 21 heavy (non-hydrogen) atoms. The van der Waals surface area contributed by atoms with Gasteiger partial charge in [0.15, 0.2) is 0 Å². The van der Waals surface area contributed by atoms with E-state index in [0.29, 0.717) is 13.0 Å². The topological polar surface area (TPSA) is 103 Å². The van der Waals surface area contributed by atoms with Gasteiger partial charge in [-0.2, -0.15) is 0 Å². The summed E-state index contributed by atoms with van der Waals surface area (Å²) in [7, 11) is -3.76. The zero-order chi connectivity index (χ0) is 15.5. The van der Waals surface area contributed by atoms with Gasteiger partial charge in [-0.3, -0.25) is 4.68 Å². The Hall–Kier alpha value is -1.52. The van der Waals surface area contributed by atoms with E-state index in [0.717, 1.165) is 12.1 Å². The SMILES string of the molecule is Nc1cc(S(=O)(=O)NCCCn2ccnn2)c(Br)cc1F. The Morgan fingerprint density at radius 2 is 2.19 bits per heavy atom. The minimum atomic E-state index is -3.76. The first kappa shape index (κ1) is 15.9. The number of hydrogen-bond donors (Lipinski definition) is 2. The van der Waals surface area contributed by atoms with E-state index in [-0.39, 0.29) is 21.6 Å². The summed E-state index contributed by atoms with van der Waals surface area (Å²) in [4.78, 5) is -0.0952. The van der Waals surface area contributed by atoms with Crippen LogP contribution in [0.3, 0.4) is 0 Å². The van der Waals surface area contributed by atoms with Crippen LogP contribution in [0.5, 0.6) is 0 Å². The fraction of sp³-hybridized carbons (Fsp3) is 0.273. The minimum Gasteiger partial charge on any atom is -0.396 e. The number of nitrogen functional groups attached to an aromatic ring is 1. The average Bonchev–Trinajstić information content (AvgIpc) is 2.92. The number of nitrogens with two attached hydrogens (primary N) is 1. The highest BCUT2D eigenvalue weighted by molar-refractivity contribution is 9.10. The molecule has 0 amide bonds. The summed E-state index contributed by atoms with van der Waals surface area (Å²) >= 11 is 3.02. The zero-order valence-electron chi connectivity index (χ0n) is 10.8. The molecule has 0 saturated heterocycles. The molecule has 2 aromatic rings. The van der Waals surface area contributed by atoms with Crippen molar-refractivity contribution < 1.29 is 12.8 Å². The van der Waals surface area contributed by atoms with Crippen LogP contribution in [0.25, 0.3) is 0 Å². The smallest absolute Gasteiger partial charge is 0.241 e. The van der Waals surface area contributed by atoms with E-state index in [1.54, 1.807) is 17.1 Å². The minimum absolute atomic E-state index is 0.0952. The Morgan fingerprint density at radius 1 is 1.43 bits per heavy atom. The van der Waals surface area contributed by atoms with Gasteiger partial charge in [-0.25, -0.2) is 17.5 Å². The van der Waals surface area contributed by atoms with Crippen molar-refractivity contribution in [3.8, 4) is 0 Å². The van der Waals surface area contributed by atoms with Crippen LogP contribution in [0, 0.1) is 5.82 Å². The molecule has 114 valence electrons. The van der Waals surface area contributed by atoms with Crippen LogP contribution in [0.2, 0.25) is 0 Å². The second kappa shape index (κ2) is 6.50. The molecule has 1 aromatic heterocycles. The van der Waals surface area contributed by atoms with Crippen molar-refractivity contribution in [1.82, 2.24) is 19.7 Å². The highest BCUT2D eigenvalue weighted by atomic mass is 79.9. The molecule has 0 atom stereocenters. The van der Waals surface area contributed by atoms with E-state index in [9.17, 15) is 12.8 Å². The molecule has 0 fully saturated rings. The normalized spacial score (nSPS) is 11.7. The van der Waals surface area contributed by atoms with Gasteiger partial charge in [0.05, 0.1) is 16.8 Å². The maximum Gasteiger partial charge on any atom is 0.241 e. The second-order valence-corrected chi connectivity index (χ2v) is 6.81. The number of anilines is 1. The number of nitrogens with zero attached hydrogens (tertiary/aromatic N) is 3. The van der Waals surface area contributed by atoms with Gasteiger partial charge < -0.3 is 5.73 Å². The lowest BCUT2D eigenvalue weighted by Gasteiger charge is -2.09. The molecular weight excluding hydrogens is 365 g/mol. The van der Waals surface area contributed by atoms with E-state index < -0.39 is 15.8 Å². The first-order valence-corrected chi connectivity index (χ1v) is 8.26. The van der Waals surface area contributed by atoms with Gasteiger partial charge in [0, 0.05) is 23.8 Å². The van der Waals surface area contributed by atoms with Crippen molar-refractivity contribution in [2.45, 2.75) is 17.9 Å². The van der Waals surface area contributed by atoms with Gasteiger partial charge in [-0.1, -0.05) is 5.21 Å². The van der Waals surface area contributed by atoms with Crippen LogP contribution < -0.4 is 10.5 Å². The van der Waals surface area contributed by atoms with Crippen LogP contribution in [-0.4, -0.2) is 30.0 Å². The lowest BCUT2D eigenvalue weighted by molar-refractivity contribution is 0.542. The largest absolute Gasteiger partial charge is 0.396 e. The number of aryl methyl sites for hydroxylation is 1. The Kier molecular flexibility index (Phi) is 4.91. The lowest BCUT2D eigenvalue weighted by Crippen LogP contribution is -2.26. The zero-order valence-corrected chi connectivity index (χ0v) is 13.2. The van der Waals surface area contributed by atoms with Crippen molar-refractivity contribution in [3.63, 3.8) is 0 Å². The second-order valence-electron chi connectivity index (χ2n) is 4.22. The summed E-state index contributed by atoms with van der Waals surface area (Å²) in [6.45, 7) is 0.751. The molecule has 0 saturated carbocycles. The molecule has 0 aliphatic carbocycles. The molecule has 7 nitrogen and oxygen atoms in total. The molecular formula is C11H13BrFN5O2S. The molecule has 0 aliphatic rings. The third-order valence-electron chi connectivity index (χ3n) is 2.67. The van der Waals surface area contributed by atoms with Gasteiger partial charge in [0.25, 0.3) is 0 Å². The van der Waals surface area contributed by atoms with Gasteiger partial charge in [0.1, 0.15) is 5.82 Å². The number of sulfonamides is 1. The number of aromatic nitrogens is 3. The van der Waals surface area contributed by atoms with E-state index in [1.165, 1.54) is 0 Å². The van der Waals surface area contributed by atoms with Gasteiger partial charge >= 0.3 is 0 Å². The lowest BCUT2D eigenvalue weighted by atomic mass is 10.3. The van der Waals surface area contributed by atoms with Crippen molar-refractivity contribution in [2.75, 3.05) is 12.3 Å². The molecule has 0 bridgehead atoms. The maximum absolute atomic E-state index is 13.2. The van der Waals surface area contributed by atoms with Crippen molar-refractivity contribution in [1.29, 1.82) is 0 Å². The number of halogens is 2. The summed E-state index contributed by atoms with van der Waals surface area (Å²) in [5.41, 5.74) is 5.18. The first-order chi connectivity index (χ1) is 9.90. The highest BCUT2D eigenvalue weighted by Crippen LogP contribution is 2.26. The van der Waals surface area contributed by atoms with E-state index >= 15 is 0 Å². The van der Waals surface area contributed by atoms with E-state index in [4.69, 9.17) is 5.73 Å². The fourth-order valence-corrected chi connectivity index (χ4v) is 3.75. The number of hydrogen-bond acceptors (Lipinski definition) is 5. The van der Waals surface area contributed by atoms with Gasteiger partial charge in [0.2, 0.25) is 10.0 Å². The quantitative estimate of drug-likeness (QED) is 0.580. The predicted molar refractivity (Wildman–Crippen MR) is 78.3 cm³/mol. The highest BCUT2D eigenvalue weighted by Gasteiger charge is 2.19. The molecule has 2 rings (SSSR count). The molecule has 3 N–H and O–H groups in total. The summed E-state index contributed by atoms with van der Waals surface area (Å²) < 4.78 is 41.6. The molecule has 10 heteroatoms. The van der Waals surface area contributed by atoms with Gasteiger partial charge in [-0.05, 0) is 34.5 Å². The van der Waals surface area contributed by atoms with Crippen molar-refractivity contribution in [2.24, 2.45) is 0 Å². The number of rotatable bonds is 6. The Bertz CT molecular complexity index is 720. The van der Waals surface area contributed by atoms with Crippen molar-refractivity contribution >= 4 is 31.6 Å². The van der Waals surface area contributed by atoms with Crippen LogP contribution in [-0.2, 0) is 16.6 Å². The number of nitrogens with one attached hydrogen (secondary N) is 1. The Morgan fingerprint density at radius 3 is 2.86 bits per heavy atom. The van der Waals surface area contributed by atoms with Crippen LogP contribution in [0.15, 0.2) is 33.9 Å². The summed E-state index contributed by atoms with van der Waals surface area (Å²) in [6.07, 6.45) is 3.77. The fourth-order valence-electron chi connectivity index (χ4n) is 1.63. The summed E-state index contributed by atoms with van der Waals surface area (Å²) in [6, 6.07) is 2.11. The van der Waals surface area contributed by atoms with E-state index in [2.05, 4.69) is 31.0 Å². The third-order valence-corrected chi connectivity index (χ3v) is 5.09. The Balaban J connectivity index is 2.00. The molecule has 1 heterocycles. The van der Waals surface area contributed by atoms with Crippen molar-refractivity contribution in [3.05, 3.63) is 34.8 Å². The summed E-state index contributed by atoms with van der Waals surface area (Å²) in [5, 5.41) is 7.41. The number of benzene rings is 1. The maximum atomic E-state index is 13.2. The van der Waals surface area contributed by atoms with E-state index in [1.807, 2.05) is 0 Å². The van der Waals surface area contributed by atoms with Crippen LogP contribution in [0.4, 0.5) is 10.1 Å². The standard InChI is InChI=1S/C11H13BrFN5O2S/c12-8-6-9(13)10(14)7-11(8)21(19,20)16-2-1-4-18-5-3-15-17-18/h3,5-7,16H,1-2,4,14H2. The third kappa shape index (κ3) is 3.99. The molecule has 0 aliphatic heterocycles. The molecule has 0 unspecified atom stereocenters. The molecule has 0 spiro atoms. The average molecular weight is 378 g/mol. The van der Waals surface area contributed by atoms with Crippen LogP contribution >= 0.6 is 15.9 Å². The first-order valence-electron chi connectivity index (χ1n) is 5.98. The molecule has 1 aromatic carbocycles. The monoisotopic (exact) mass is 377 g/mol.